The van der Waals surface area contributed by atoms with Gasteiger partial charge < -0.3 is 9.13 Å². The Bertz CT molecular complexity index is 3680. The average molecular weight is 674 g/mol. The molecule has 5 nitrogen and oxygen atoms in total. The minimum absolute atomic E-state index is 0.903. The second-order valence-corrected chi connectivity index (χ2v) is 14.2. The smallest absolute Gasteiger partial charge is 0.165 e. The monoisotopic (exact) mass is 673 g/mol. The van der Waals surface area contributed by atoms with Crippen LogP contribution in [0.5, 0.6) is 0 Å². The molecule has 0 saturated heterocycles. The second-order valence-electron chi connectivity index (χ2n) is 14.2. The standard InChI is InChI=1S/C48H27N5/c1-2-11-28(12-3-1)52-40-19-8-4-13-30(40)33-23-22-31-34(46(33)52)24-26-43-44(31)35-14-5-9-20-41(35)51(43)29-21-25-42-37(27-29)32-15-10-16-36-45-48(53(42)47(32)36)50-39-18-7-6-17-38(39)49-45/h1-27H. The van der Waals surface area contributed by atoms with Crippen LogP contribution in [0.4, 0.5) is 0 Å². The van der Waals surface area contributed by atoms with Crippen LogP contribution in [0.25, 0.3) is 115 Å². The van der Waals surface area contributed by atoms with E-state index in [1.165, 1.54) is 76.4 Å². The maximum Gasteiger partial charge on any atom is 0.165 e. The van der Waals surface area contributed by atoms with Crippen LogP contribution < -0.4 is 0 Å². The molecule has 0 N–H and O–H groups in total. The maximum absolute atomic E-state index is 5.16. The summed E-state index contributed by atoms with van der Waals surface area (Å²) in [4.78, 5) is 10.2. The Morgan fingerprint density at radius 2 is 0.962 bits per heavy atom. The molecule has 0 amide bonds. The van der Waals surface area contributed by atoms with Gasteiger partial charge in [0.25, 0.3) is 0 Å². The van der Waals surface area contributed by atoms with E-state index in [-0.39, 0.29) is 0 Å². The van der Waals surface area contributed by atoms with Gasteiger partial charge in [0.05, 0.1) is 44.1 Å². The molecular formula is C48H27N5. The zero-order valence-electron chi connectivity index (χ0n) is 28.3. The van der Waals surface area contributed by atoms with Crippen LogP contribution in [0.1, 0.15) is 0 Å². The SMILES string of the molecule is c1ccc(-n2c3ccccc3c3ccc4c(ccc5c4c4ccccc4n5-c4ccc5c(c4)c4cccc6c7nc8ccccc8nc7n5c46)c32)cc1. The molecule has 0 aliphatic rings. The lowest BCUT2D eigenvalue weighted by Gasteiger charge is -2.11. The summed E-state index contributed by atoms with van der Waals surface area (Å²) < 4.78 is 7.20. The Hall–Kier alpha value is -7.24. The zero-order chi connectivity index (χ0) is 34.4. The van der Waals surface area contributed by atoms with Gasteiger partial charge in [0, 0.05) is 54.5 Å². The highest BCUT2D eigenvalue weighted by molar-refractivity contribution is 6.28. The Labute approximate surface area is 301 Å². The maximum atomic E-state index is 5.16. The third kappa shape index (κ3) is 3.42. The van der Waals surface area contributed by atoms with Gasteiger partial charge in [-0.2, -0.15) is 0 Å². The van der Waals surface area contributed by atoms with Crippen LogP contribution in [0.15, 0.2) is 164 Å². The lowest BCUT2D eigenvalue weighted by atomic mass is 10.0. The molecule has 0 fully saturated rings. The molecule has 8 aromatic carbocycles. The van der Waals surface area contributed by atoms with Crippen LogP contribution in [0.2, 0.25) is 0 Å². The van der Waals surface area contributed by atoms with Gasteiger partial charge in [0.15, 0.2) is 5.65 Å². The molecule has 5 aromatic heterocycles. The average Bonchev–Trinajstić information content (AvgIpc) is 3.94. The Morgan fingerprint density at radius 3 is 1.83 bits per heavy atom. The normalized spacial score (nSPS) is 12.5. The summed E-state index contributed by atoms with van der Waals surface area (Å²) in [5.74, 6) is 0. The summed E-state index contributed by atoms with van der Waals surface area (Å²) in [5, 5.41) is 11.1. The molecule has 5 heteroatoms. The molecule has 5 heterocycles. The van der Waals surface area contributed by atoms with Crippen LogP contribution >= 0.6 is 0 Å². The van der Waals surface area contributed by atoms with Crippen LogP contribution in [0.3, 0.4) is 0 Å². The third-order valence-corrected chi connectivity index (χ3v) is 11.5. The lowest BCUT2D eigenvalue weighted by molar-refractivity contribution is 1.18. The fourth-order valence-electron chi connectivity index (χ4n) is 9.39. The molecule has 0 aliphatic heterocycles. The topological polar surface area (TPSA) is 40.0 Å². The number of rotatable bonds is 2. The van der Waals surface area contributed by atoms with E-state index in [1.54, 1.807) is 0 Å². The minimum atomic E-state index is 0.903. The predicted molar refractivity (Wildman–Crippen MR) is 220 cm³/mol. The van der Waals surface area contributed by atoms with Gasteiger partial charge in [-0.25, -0.2) is 9.97 Å². The Balaban J connectivity index is 1.12. The highest BCUT2D eigenvalue weighted by Crippen LogP contribution is 2.44. The molecule has 0 aliphatic carbocycles. The summed E-state index contributed by atoms with van der Waals surface area (Å²) in [6, 6.07) is 59.3. The molecular weight excluding hydrogens is 647 g/mol. The van der Waals surface area contributed by atoms with Crippen molar-refractivity contribution < 1.29 is 0 Å². The first-order chi connectivity index (χ1) is 26.3. The zero-order valence-corrected chi connectivity index (χ0v) is 28.3. The summed E-state index contributed by atoms with van der Waals surface area (Å²) >= 11 is 0. The van der Waals surface area contributed by atoms with Crippen molar-refractivity contribution in [1.82, 2.24) is 23.5 Å². The summed E-state index contributed by atoms with van der Waals surface area (Å²) in [6.07, 6.45) is 0. The predicted octanol–water partition coefficient (Wildman–Crippen LogP) is 12.1. The van der Waals surface area contributed by atoms with Crippen molar-refractivity contribution in [1.29, 1.82) is 0 Å². The summed E-state index contributed by atoms with van der Waals surface area (Å²) in [5.41, 5.74) is 13.1. The van der Waals surface area contributed by atoms with E-state index in [1.807, 2.05) is 24.3 Å². The summed E-state index contributed by atoms with van der Waals surface area (Å²) in [6.45, 7) is 0. The highest BCUT2D eigenvalue weighted by Gasteiger charge is 2.22. The number of aromatic nitrogens is 5. The number of hydrogen-bond acceptors (Lipinski definition) is 2. The van der Waals surface area contributed by atoms with Crippen LogP contribution in [-0.4, -0.2) is 23.5 Å². The molecule has 0 radical (unpaired) electrons. The fraction of sp³-hybridized carbons (Fsp3) is 0. The van der Waals surface area contributed by atoms with Crippen LogP contribution in [0, 0.1) is 0 Å². The second kappa shape index (κ2) is 9.75. The van der Waals surface area contributed by atoms with E-state index in [4.69, 9.17) is 9.97 Å². The Kier molecular flexibility index (Phi) is 5.06. The van der Waals surface area contributed by atoms with E-state index >= 15 is 0 Å². The molecule has 13 aromatic rings. The molecule has 0 spiro atoms. The number of nitrogens with zero attached hydrogens (tertiary/aromatic N) is 5. The number of hydrogen-bond donors (Lipinski definition) is 0. The lowest BCUT2D eigenvalue weighted by Crippen LogP contribution is -1.95. The van der Waals surface area contributed by atoms with Crippen molar-refractivity contribution in [2.75, 3.05) is 0 Å². The molecule has 53 heavy (non-hydrogen) atoms. The highest BCUT2D eigenvalue weighted by atomic mass is 15.0. The first kappa shape index (κ1) is 27.5. The number of para-hydroxylation sites is 6. The van der Waals surface area contributed by atoms with Crippen molar-refractivity contribution in [2.45, 2.75) is 0 Å². The first-order valence-corrected chi connectivity index (χ1v) is 18.1. The fourth-order valence-corrected chi connectivity index (χ4v) is 9.39. The van der Waals surface area contributed by atoms with Crippen molar-refractivity contribution >= 4 is 104 Å². The number of benzene rings is 8. The van der Waals surface area contributed by atoms with Gasteiger partial charge in [-0.3, -0.25) is 4.40 Å². The molecule has 244 valence electrons. The minimum Gasteiger partial charge on any atom is -0.309 e. The van der Waals surface area contributed by atoms with Crippen LogP contribution in [-0.2, 0) is 0 Å². The molecule has 13 rings (SSSR count). The van der Waals surface area contributed by atoms with Crippen molar-refractivity contribution in [3.8, 4) is 11.4 Å². The quantitative estimate of drug-likeness (QED) is 0.183. The molecule has 0 unspecified atom stereocenters. The van der Waals surface area contributed by atoms with Crippen molar-refractivity contribution in [2.24, 2.45) is 0 Å². The van der Waals surface area contributed by atoms with Crippen molar-refractivity contribution in [3.05, 3.63) is 164 Å². The van der Waals surface area contributed by atoms with Crippen molar-refractivity contribution in [3.63, 3.8) is 0 Å². The van der Waals surface area contributed by atoms with Gasteiger partial charge in [-0.05, 0) is 66.0 Å². The van der Waals surface area contributed by atoms with E-state index in [0.29, 0.717) is 0 Å². The molecule has 0 atom stereocenters. The number of fused-ring (bicyclic) bond motifs is 16. The van der Waals surface area contributed by atoms with E-state index in [9.17, 15) is 0 Å². The van der Waals surface area contributed by atoms with Gasteiger partial charge in [-0.1, -0.05) is 103 Å². The first-order valence-electron chi connectivity index (χ1n) is 18.1. The van der Waals surface area contributed by atoms with E-state index in [2.05, 4.69) is 153 Å². The molecule has 0 saturated carbocycles. The van der Waals surface area contributed by atoms with E-state index < -0.39 is 0 Å². The van der Waals surface area contributed by atoms with Gasteiger partial charge in [0.2, 0.25) is 0 Å². The van der Waals surface area contributed by atoms with Gasteiger partial charge >= 0.3 is 0 Å². The van der Waals surface area contributed by atoms with Gasteiger partial charge in [0.1, 0.15) is 5.52 Å². The van der Waals surface area contributed by atoms with Gasteiger partial charge in [-0.15, -0.1) is 0 Å². The summed E-state index contributed by atoms with van der Waals surface area (Å²) in [7, 11) is 0. The van der Waals surface area contributed by atoms with E-state index in [0.717, 1.165) is 38.8 Å². The Morgan fingerprint density at radius 1 is 0.340 bits per heavy atom. The largest absolute Gasteiger partial charge is 0.309 e. The molecule has 0 bridgehead atoms. The third-order valence-electron chi connectivity index (χ3n) is 11.5.